The quantitative estimate of drug-likeness (QED) is 0.681. The van der Waals surface area contributed by atoms with E-state index in [0.29, 0.717) is 12.0 Å². The van der Waals surface area contributed by atoms with Crippen LogP contribution in [0.4, 0.5) is 0 Å². The average molecular weight is 240 g/mol. The summed E-state index contributed by atoms with van der Waals surface area (Å²) in [4.78, 5) is 16.6. The van der Waals surface area contributed by atoms with Crippen molar-refractivity contribution < 1.29 is 9.53 Å². The van der Waals surface area contributed by atoms with E-state index < -0.39 is 0 Å². The third kappa shape index (κ3) is 2.20. The first-order chi connectivity index (χ1) is 8.01. The molecule has 1 aliphatic carbocycles. The molecule has 1 heterocycles. The molecule has 1 saturated carbocycles. The van der Waals surface area contributed by atoms with Crippen LogP contribution in [0.15, 0.2) is 0 Å². The largest absolute Gasteiger partial charge is 0.469 e. The number of hydrogen-bond acceptors (Lipinski definition) is 4. The lowest BCUT2D eigenvalue weighted by Crippen LogP contribution is -2.47. The molecule has 0 radical (unpaired) electrons. The van der Waals surface area contributed by atoms with Gasteiger partial charge in [-0.2, -0.15) is 0 Å². The molecular formula is C13H24N2O2. The first kappa shape index (κ1) is 12.8. The molecule has 0 aromatic rings. The molecule has 0 spiro atoms. The standard InChI is InChI=1S/C13H24N2O2/c1-14(2)11(10-5-8-15(3)9-10)13(6-7-13)12(16)17-4/h10-11H,5-9H2,1-4H3. The van der Waals surface area contributed by atoms with Gasteiger partial charge in [-0.15, -0.1) is 0 Å². The molecule has 1 saturated heterocycles. The van der Waals surface area contributed by atoms with Gasteiger partial charge in [-0.3, -0.25) is 4.79 Å². The predicted octanol–water partition coefficient (Wildman–Crippen LogP) is 0.821. The van der Waals surface area contributed by atoms with Gasteiger partial charge in [0.15, 0.2) is 0 Å². The summed E-state index contributed by atoms with van der Waals surface area (Å²) >= 11 is 0. The fraction of sp³-hybridized carbons (Fsp3) is 0.923. The van der Waals surface area contributed by atoms with Crippen molar-refractivity contribution in [3.8, 4) is 0 Å². The zero-order valence-corrected chi connectivity index (χ0v) is 11.4. The van der Waals surface area contributed by atoms with Crippen molar-refractivity contribution in [1.29, 1.82) is 0 Å². The minimum Gasteiger partial charge on any atom is -0.469 e. The van der Waals surface area contributed by atoms with Crippen LogP contribution in [0, 0.1) is 11.3 Å². The molecule has 2 fully saturated rings. The second-order valence-electron chi connectivity index (χ2n) is 5.87. The number of rotatable bonds is 4. The second-order valence-corrected chi connectivity index (χ2v) is 5.87. The van der Waals surface area contributed by atoms with Crippen molar-refractivity contribution in [3.05, 3.63) is 0 Å². The van der Waals surface area contributed by atoms with E-state index in [1.807, 2.05) is 0 Å². The molecule has 4 heteroatoms. The average Bonchev–Trinajstić information content (AvgIpc) is 2.95. The Hall–Kier alpha value is -0.610. The minimum absolute atomic E-state index is 0.00856. The maximum atomic E-state index is 12.0. The molecular weight excluding hydrogens is 216 g/mol. The maximum Gasteiger partial charge on any atom is 0.313 e. The van der Waals surface area contributed by atoms with Crippen LogP contribution in [-0.2, 0) is 9.53 Å². The van der Waals surface area contributed by atoms with Crippen molar-refractivity contribution in [1.82, 2.24) is 9.80 Å². The normalized spacial score (nSPS) is 29.4. The number of hydrogen-bond donors (Lipinski definition) is 0. The van der Waals surface area contributed by atoms with Gasteiger partial charge in [-0.25, -0.2) is 0 Å². The highest BCUT2D eigenvalue weighted by Gasteiger charge is 2.59. The van der Waals surface area contributed by atoms with Gasteiger partial charge in [0.2, 0.25) is 0 Å². The number of methoxy groups -OCH3 is 1. The molecule has 4 nitrogen and oxygen atoms in total. The van der Waals surface area contributed by atoms with Gasteiger partial charge in [-0.05, 0) is 52.9 Å². The Balaban J connectivity index is 2.15. The van der Waals surface area contributed by atoms with Gasteiger partial charge in [0.05, 0.1) is 12.5 Å². The number of likely N-dealkylation sites (tertiary alicyclic amines) is 1. The third-order valence-electron chi connectivity index (χ3n) is 4.38. The first-order valence-electron chi connectivity index (χ1n) is 6.44. The van der Waals surface area contributed by atoms with Crippen LogP contribution in [0.1, 0.15) is 19.3 Å². The van der Waals surface area contributed by atoms with E-state index in [4.69, 9.17) is 4.74 Å². The Morgan fingerprint density at radius 1 is 1.47 bits per heavy atom. The van der Waals surface area contributed by atoms with E-state index in [0.717, 1.165) is 25.9 Å². The highest BCUT2D eigenvalue weighted by atomic mass is 16.5. The maximum absolute atomic E-state index is 12.0. The second kappa shape index (κ2) is 4.58. The SMILES string of the molecule is COC(=O)C1(C(C2CCN(C)C2)N(C)C)CC1. The monoisotopic (exact) mass is 240 g/mol. The Labute approximate surface area is 104 Å². The van der Waals surface area contributed by atoms with Crippen molar-refractivity contribution in [3.63, 3.8) is 0 Å². The van der Waals surface area contributed by atoms with Gasteiger partial charge in [0, 0.05) is 12.6 Å². The molecule has 0 bridgehead atoms. The van der Waals surface area contributed by atoms with E-state index in [9.17, 15) is 4.79 Å². The van der Waals surface area contributed by atoms with Gasteiger partial charge in [0.25, 0.3) is 0 Å². The Bertz CT molecular complexity index is 300. The number of carbonyl (C=O) groups excluding carboxylic acids is 1. The van der Waals surface area contributed by atoms with Crippen LogP contribution in [-0.4, -0.2) is 63.2 Å². The zero-order chi connectivity index (χ0) is 12.6. The van der Waals surface area contributed by atoms with Gasteiger partial charge in [0.1, 0.15) is 0 Å². The Kier molecular flexibility index (Phi) is 3.46. The van der Waals surface area contributed by atoms with Crippen LogP contribution in [0.2, 0.25) is 0 Å². The molecule has 0 amide bonds. The molecule has 0 aromatic heterocycles. The number of esters is 1. The summed E-state index contributed by atoms with van der Waals surface area (Å²) in [6, 6.07) is 0.333. The van der Waals surface area contributed by atoms with E-state index in [2.05, 4.69) is 30.9 Å². The summed E-state index contributed by atoms with van der Waals surface area (Å²) in [7, 11) is 7.85. The highest BCUT2D eigenvalue weighted by Crippen LogP contribution is 2.54. The summed E-state index contributed by atoms with van der Waals surface area (Å²) in [6.45, 7) is 2.24. The predicted molar refractivity (Wildman–Crippen MR) is 66.8 cm³/mol. The highest BCUT2D eigenvalue weighted by molar-refractivity contribution is 5.80. The number of ether oxygens (including phenoxy) is 1. The Morgan fingerprint density at radius 2 is 2.12 bits per heavy atom. The number of carbonyl (C=O) groups is 1. The summed E-state index contributed by atoms with van der Waals surface area (Å²) in [5.41, 5.74) is -0.214. The summed E-state index contributed by atoms with van der Waals surface area (Å²) in [5.74, 6) is 0.586. The van der Waals surface area contributed by atoms with Crippen molar-refractivity contribution >= 4 is 5.97 Å². The van der Waals surface area contributed by atoms with Gasteiger partial charge >= 0.3 is 5.97 Å². The topological polar surface area (TPSA) is 32.8 Å². The summed E-state index contributed by atoms with van der Waals surface area (Å²) in [5, 5.41) is 0. The molecule has 1 aliphatic heterocycles. The molecule has 0 N–H and O–H groups in total. The third-order valence-corrected chi connectivity index (χ3v) is 4.38. The summed E-state index contributed by atoms with van der Waals surface area (Å²) in [6.07, 6.45) is 3.17. The smallest absolute Gasteiger partial charge is 0.313 e. The van der Waals surface area contributed by atoms with E-state index >= 15 is 0 Å². The molecule has 2 rings (SSSR count). The van der Waals surface area contributed by atoms with Crippen LogP contribution < -0.4 is 0 Å². The molecule has 0 aromatic carbocycles. The molecule has 2 atom stereocenters. The van der Waals surface area contributed by atoms with E-state index in [1.165, 1.54) is 13.5 Å². The lowest BCUT2D eigenvalue weighted by molar-refractivity contribution is -0.150. The van der Waals surface area contributed by atoms with Crippen LogP contribution in [0.3, 0.4) is 0 Å². The molecule has 17 heavy (non-hydrogen) atoms. The van der Waals surface area contributed by atoms with Crippen molar-refractivity contribution in [2.45, 2.75) is 25.3 Å². The molecule has 98 valence electrons. The van der Waals surface area contributed by atoms with Crippen LogP contribution in [0.25, 0.3) is 0 Å². The zero-order valence-electron chi connectivity index (χ0n) is 11.4. The Morgan fingerprint density at radius 3 is 2.47 bits per heavy atom. The van der Waals surface area contributed by atoms with Gasteiger partial charge in [-0.1, -0.05) is 0 Å². The van der Waals surface area contributed by atoms with Crippen molar-refractivity contribution in [2.75, 3.05) is 41.3 Å². The molecule has 2 aliphatic rings. The lowest BCUT2D eigenvalue weighted by atomic mass is 9.84. The fourth-order valence-corrected chi connectivity index (χ4v) is 3.55. The fourth-order valence-electron chi connectivity index (χ4n) is 3.55. The van der Waals surface area contributed by atoms with Crippen LogP contribution in [0.5, 0.6) is 0 Å². The van der Waals surface area contributed by atoms with Crippen molar-refractivity contribution in [2.24, 2.45) is 11.3 Å². The van der Waals surface area contributed by atoms with E-state index in [1.54, 1.807) is 0 Å². The van der Waals surface area contributed by atoms with Gasteiger partial charge < -0.3 is 14.5 Å². The minimum atomic E-state index is -0.214. The molecule has 2 unspecified atom stereocenters. The first-order valence-corrected chi connectivity index (χ1v) is 6.44. The summed E-state index contributed by atoms with van der Waals surface area (Å²) < 4.78 is 5.02. The lowest BCUT2D eigenvalue weighted by Gasteiger charge is -2.35. The van der Waals surface area contributed by atoms with E-state index in [-0.39, 0.29) is 11.4 Å². The van der Waals surface area contributed by atoms with Crippen LogP contribution >= 0.6 is 0 Å². The number of nitrogens with zero attached hydrogens (tertiary/aromatic N) is 2.